The first-order valence-corrected chi connectivity index (χ1v) is 7.93. The number of nitrogens with zero attached hydrogens (tertiary/aromatic N) is 1. The van der Waals surface area contributed by atoms with Gasteiger partial charge in [-0.2, -0.15) is 0 Å². The van der Waals surface area contributed by atoms with Crippen LogP contribution in [0.25, 0.3) is 6.08 Å². The molecule has 6 heteroatoms. The lowest BCUT2D eigenvalue weighted by molar-refractivity contribution is -0.434. The molecule has 1 aliphatic rings. The Morgan fingerprint density at radius 2 is 2.00 bits per heavy atom. The molecule has 5 nitrogen and oxygen atoms in total. The van der Waals surface area contributed by atoms with Gasteiger partial charge >= 0.3 is 0 Å². The number of fused-ring (bicyclic) bond motifs is 1. The molecule has 0 saturated carbocycles. The number of hydrogen-bond acceptors (Lipinski definition) is 4. The molecule has 2 aromatic rings. The van der Waals surface area contributed by atoms with Crippen molar-refractivity contribution in [3.05, 3.63) is 73.9 Å². The standard InChI is InChI=1S/C17H14BrNO4/c1-2-22-15-5-3-4-12-10-14(19(20)21)16(23-17(12)15)11-6-8-13(18)9-7-11/h3-10,16H,2H2,1H3. The summed E-state index contributed by atoms with van der Waals surface area (Å²) in [6.07, 6.45) is 0.779. The van der Waals surface area contributed by atoms with E-state index in [1.54, 1.807) is 36.4 Å². The SMILES string of the molecule is CCOc1cccc2c1OC(c1ccc(Br)cc1)C([N+](=O)[O-])=C2. The summed E-state index contributed by atoms with van der Waals surface area (Å²) < 4.78 is 12.4. The summed E-state index contributed by atoms with van der Waals surface area (Å²) in [5.41, 5.74) is 1.37. The highest BCUT2D eigenvalue weighted by Gasteiger charge is 2.34. The largest absolute Gasteiger partial charge is 0.490 e. The molecule has 1 unspecified atom stereocenters. The maximum absolute atomic E-state index is 11.4. The van der Waals surface area contributed by atoms with Crippen LogP contribution in [0.4, 0.5) is 0 Å². The molecular weight excluding hydrogens is 362 g/mol. The fourth-order valence-corrected chi connectivity index (χ4v) is 2.74. The van der Waals surface area contributed by atoms with Crippen molar-refractivity contribution in [3.63, 3.8) is 0 Å². The molecule has 0 fully saturated rings. The van der Waals surface area contributed by atoms with Gasteiger partial charge < -0.3 is 9.47 Å². The first-order valence-electron chi connectivity index (χ1n) is 7.14. The van der Waals surface area contributed by atoms with Gasteiger partial charge in [0.1, 0.15) is 0 Å². The smallest absolute Gasteiger partial charge is 0.291 e. The topological polar surface area (TPSA) is 61.6 Å². The zero-order chi connectivity index (χ0) is 16.4. The van der Waals surface area contributed by atoms with Gasteiger partial charge in [-0.25, -0.2) is 0 Å². The molecule has 0 bridgehead atoms. The van der Waals surface area contributed by atoms with Crippen LogP contribution in [0.2, 0.25) is 0 Å². The van der Waals surface area contributed by atoms with Gasteiger partial charge in [-0.15, -0.1) is 0 Å². The van der Waals surface area contributed by atoms with E-state index >= 15 is 0 Å². The molecule has 0 aliphatic carbocycles. The maximum Gasteiger partial charge on any atom is 0.291 e. The second-order valence-electron chi connectivity index (χ2n) is 4.98. The summed E-state index contributed by atoms with van der Waals surface area (Å²) in [7, 11) is 0. The van der Waals surface area contributed by atoms with Crippen LogP contribution in [-0.2, 0) is 0 Å². The molecule has 0 spiro atoms. The quantitative estimate of drug-likeness (QED) is 0.578. The second kappa shape index (κ2) is 6.42. The van der Waals surface area contributed by atoms with Crippen LogP contribution in [0.3, 0.4) is 0 Å². The van der Waals surface area contributed by atoms with E-state index in [0.29, 0.717) is 29.2 Å². The fourth-order valence-electron chi connectivity index (χ4n) is 2.48. The van der Waals surface area contributed by atoms with Crippen LogP contribution in [0.15, 0.2) is 52.6 Å². The van der Waals surface area contributed by atoms with E-state index in [2.05, 4.69) is 15.9 Å². The summed E-state index contributed by atoms with van der Waals surface area (Å²) in [5.74, 6) is 1.12. The molecule has 3 rings (SSSR count). The van der Waals surface area contributed by atoms with Crippen molar-refractivity contribution in [2.45, 2.75) is 13.0 Å². The van der Waals surface area contributed by atoms with Crippen molar-refractivity contribution in [2.75, 3.05) is 6.61 Å². The minimum Gasteiger partial charge on any atom is -0.490 e. The molecule has 0 N–H and O–H groups in total. The van der Waals surface area contributed by atoms with Crippen molar-refractivity contribution in [1.29, 1.82) is 0 Å². The van der Waals surface area contributed by atoms with Crippen molar-refractivity contribution in [1.82, 2.24) is 0 Å². The lowest BCUT2D eigenvalue weighted by Gasteiger charge is -2.24. The molecule has 23 heavy (non-hydrogen) atoms. The zero-order valence-corrected chi connectivity index (χ0v) is 13.9. The van der Waals surface area contributed by atoms with Gasteiger partial charge in [-0.05, 0) is 25.1 Å². The summed E-state index contributed by atoms with van der Waals surface area (Å²) in [6, 6.07) is 12.6. The highest BCUT2D eigenvalue weighted by molar-refractivity contribution is 9.10. The second-order valence-corrected chi connectivity index (χ2v) is 5.90. The van der Waals surface area contributed by atoms with Gasteiger partial charge in [0, 0.05) is 21.7 Å². The zero-order valence-electron chi connectivity index (χ0n) is 12.4. The van der Waals surface area contributed by atoms with Crippen molar-refractivity contribution >= 4 is 22.0 Å². The minimum atomic E-state index is -0.771. The first-order chi connectivity index (χ1) is 11.1. The minimum absolute atomic E-state index is 0.00784. The van der Waals surface area contributed by atoms with Gasteiger partial charge in [-0.1, -0.05) is 40.2 Å². The number of para-hydroxylation sites is 1. The van der Waals surface area contributed by atoms with Crippen LogP contribution in [0.1, 0.15) is 24.2 Å². The Balaban J connectivity index is 2.09. The van der Waals surface area contributed by atoms with E-state index < -0.39 is 11.0 Å². The van der Waals surface area contributed by atoms with Gasteiger partial charge in [0.05, 0.1) is 11.5 Å². The highest BCUT2D eigenvalue weighted by atomic mass is 79.9. The van der Waals surface area contributed by atoms with E-state index in [1.165, 1.54) is 0 Å². The summed E-state index contributed by atoms with van der Waals surface area (Å²) in [4.78, 5) is 11.0. The van der Waals surface area contributed by atoms with Crippen LogP contribution in [-0.4, -0.2) is 11.5 Å². The van der Waals surface area contributed by atoms with Crippen molar-refractivity contribution < 1.29 is 14.4 Å². The molecule has 0 saturated heterocycles. The van der Waals surface area contributed by atoms with E-state index in [0.717, 1.165) is 4.47 Å². The highest BCUT2D eigenvalue weighted by Crippen LogP contribution is 2.42. The van der Waals surface area contributed by atoms with Crippen LogP contribution in [0, 0.1) is 10.1 Å². The Morgan fingerprint density at radius 3 is 2.65 bits per heavy atom. The number of rotatable bonds is 4. The van der Waals surface area contributed by atoms with E-state index in [1.807, 2.05) is 19.1 Å². The number of ether oxygens (including phenoxy) is 2. The third-order valence-corrected chi connectivity index (χ3v) is 4.03. The number of benzene rings is 2. The molecule has 1 heterocycles. The predicted molar refractivity (Wildman–Crippen MR) is 90.1 cm³/mol. The normalized spacial score (nSPS) is 16.1. The average Bonchev–Trinajstić information content (AvgIpc) is 2.55. The van der Waals surface area contributed by atoms with Gasteiger partial charge in [0.25, 0.3) is 5.70 Å². The number of hydrogen-bond donors (Lipinski definition) is 0. The first kappa shape index (κ1) is 15.6. The van der Waals surface area contributed by atoms with Gasteiger partial charge in [-0.3, -0.25) is 10.1 Å². The Kier molecular flexibility index (Phi) is 4.34. The van der Waals surface area contributed by atoms with E-state index in [4.69, 9.17) is 9.47 Å². The van der Waals surface area contributed by atoms with E-state index in [-0.39, 0.29) is 5.70 Å². The molecule has 1 atom stereocenters. The lowest BCUT2D eigenvalue weighted by Crippen LogP contribution is -2.20. The molecule has 0 aromatic heterocycles. The maximum atomic E-state index is 11.4. The monoisotopic (exact) mass is 375 g/mol. The van der Waals surface area contributed by atoms with Crippen LogP contribution in [0.5, 0.6) is 11.5 Å². The van der Waals surface area contributed by atoms with Crippen molar-refractivity contribution in [2.24, 2.45) is 0 Å². The third kappa shape index (κ3) is 3.07. The summed E-state index contributed by atoms with van der Waals surface area (Å²) in [5, 5.41) is 11.4. The Bertz CT molecular complexity index is 771. The molecule has 2 aromatic carbocycles. The summed E-state index contributed by atoms with van der Waals surface area (Å²) in [6.45, 7) is 2.38. The average molecular weight is 376 g/mol. The molecule has 0 amide bonds. The Hall–Kier alpha value is -2.34. The van der Waals surface area contributed by atoms with Gasteiger partial charge in [0.15, 0.2) is 11.5 Å². The van der Waals surface area contributed by atoms with Crippen molar-refractivity contribution in [3.8, 4) is 11.5 Å². The predicted octanol–water partition coefficient (Wildman–Crippen LogP) is 4.60. The third-order valence-electron chi connectivity index (χ3n) is 3.50. The fraction of sp³-hybridized carbons (Fsp3) is 0.176. The molecule has 118 valence electrons. The Morgan fingerprint density at radius 1 is 1.26 bits per heavy atom. The van der Waals surface area contributed by atoms with Gasteiger partial charge in [0.2, 0.25) is 6.10 Å². The summed E-state index contributed by atoms with van der Waals surface area (Å²) >= 11 is 3.36. The van der Waals surface area contributed by atoms with Crippen LogP contribution < -0.4 is 9.47 Å². The van der Waals surface area contributed by atoms with E-state index in [9.17, 15) is 10.1 Å². The molecular formula is C17H14BrNO4. The number of halogens is 1. The molecule has 1 aliphatic heterocycles. The lowest BCUT2D eigenvalue weighted by atomic mass is 10.0. The number of nitro groups is 1. The van der Waals surface area contributed by atoms with Crippen LogP contribution >= 0.6 is 15.9 Å². The molecule has 0 radical (unpaired) electrons. The Labute approximate surface area is 141 Å².